The van der Waals surface area contributed by atoms with E-state index in [1.54, 1.807) is 4.90 Å². The summed E-state index contributed by atoms with van der Waals surface area (Å²) in [7, 11) is 0. The minimum absolute atomic E-state index is 0. The monoisotopic (exact) mass is 529 g/mol. The summed E-state index contributed by atoms with van der Waals surface area (Å²) in [5, 5.41) is 2.90. The van der Waals surface area contributed by atoms with Crippen molar-refractivity contribution in [2.45, 2.75) is 52.0 Å². The molecule has 0 radical (unpaired) electrons. The van der Waals surface area contributed by atoms with E-state index in [4.69, 9.17) is 24.7 Å². The van der Waals surface area contributed by atoms with Crippen molar-refractivity contribution in [1.82, 2.24) is 10.2 Å². The van der Waals surface area contributed by atoms with Crippen LogP contribution < -0.4 is 20.5 Å². The molecule has 1 aromatic carbocycles. The molecule has 206 valence electrons. The lowest BCUT2D eigenvalue weighted by molar-refractivity contribution is -0.133. The SMILES string of the molecule is CCC(C)C(N)C(=O)NCCCCCC(=O)N1CCOCCOc2ccccc2OCCOCC1.Cl. The lowest BCUT2D eigenvalue weighted by Crippen LogP contribution is -2.44. The Morgan fingerprint density at radius 2 is 1.53 bits per heavy atom. The fourth-order valence-electron chi connectivity index (χ4n) is 3.60. The number of nitrogens with two attached hydrogens (primary N) is 1. The van der Waals surface area contributed by atoms with Gasteiger partial charge < -0.3 is 34.9 Å². The highest BCUT2D eigenvalue weighted by Crippen LogP contribution is 2.26. The number of hydrogen-bond donors (Lipinski definition) is 2. The van der Waals surface area contributed by atoms with Gasteiger partial charge in [-0.25, -0.2) is 0 Å². The van der Waals surface area contributed by atoms with E-state index in [2.05, 4.69) is 5.32 Å². The Bertz CT molecular complexity index is 719. The van der Waals surface area contributed by atoms with Crippen LogP contribution >= 0.6 is 12.4 Å². The molecule has 2 rings (SSSR count). The largest absolute Gasteiger partial charge is 0.487 e. The van der Waals surface area contributed by atoms with Crippen molar-refractivity contribution in [2.24, 2.45) is 11.7 Å². The molecule has 10 heteroatoms. The third-order valence-corrected chi connectivity index (χ3v) is 6.11. The van der Waals surface area contributed by atoms with Crippen molar-refractivity contribution < 1.29 is 28.5 Å². The molecular weight excluding hydrogens is 486 g/mol. The number of halogens is 1. The second-order valence-electron chi connectivity index (χ2n) is 8.76. The topological polar surface area (TPSA) is 112 Å². The first kappa shape index (κ1) is 32.0. The third kappa shape index (κ3) is 12.3. The average Bonchev–Trinajstić information content (AvgIpc) is 2.88. The maximum Gasteiger partial charge on any atom is 0.237 e. The van der Waals surface area contributed by atoms with Crippen molar-refractivity contribution in [1.29, 1.82) is 0 Å². The highest BCUT2D eigenvalue weighted by Gasteiger charge is 2.18. The lowest BCUT2D eigenvalue weighted by atomic mass is 9.99. The van der Waals surface area contributed by atoms with Gasteiger partial charge in [0.1, 0.15) is 13.2 Å². The van der Waals surface area contributed by atoms with Crippen LogP contribution in [0.4, 0.5) is 0 Å². The molecule has 1 heterocycles. The van der Waals surface area contributed by atoms with E-state index in [1.165, 1.54) is 0 Å². The van der Waals surface area contributed by atoms with Crippen LogP contribution in [0.2, 0.25) is 0 Å². The number of unbranched alkanes of at least 4 members (excludes halogenated alkanes) is 2. The Kier molecular flexibility index (Phi) is 17.0. The number of carbonyl (C=O) groups excluding carboxylic acids is 2. The van der Waals surface area contributed by atoms with Gasteiger partial charge in [0.2, 0.25) is 11.8 Å². The van der Waals surface area contributed by atoms with Crippen molar-refractivity contribution >= 4 is 24.2 Å². The van der Waals surface area contributed by atoms with Gasteiger partial charge in [0.05, 0.1) is 32.5 Å². The summed E-state index contributed by atoms with van der Waals surface area (Å²) in [5.41, 5.74) is 5.95. The molecule has 0 aromatic heterocycles. The fourth-order valence-corrected chi connectivity index (χ4v) is 3.60. The molecule has 2 unspecified atom stereocenters. The smallest absolute Gasteiger partial charge is 0.237 e. The standard InChI is InChI=1S/C26H43N3O6.ClH/c1-3-21(2)25(27)26(31)28-12-8-4-5-11-24(30)29-13-15-32-17-19-34-22-9-6-7-10-23(22)35-20-18-33-16-14-29;/h6-7,9-10,21,25H,3-5,8,11-20,27H2,1-2H3,(H,28,31);1H. The molecule has 9 nitrogen and oxygen atoms in total. The number of nitrogens with zero attached hydrogens (tertiary/aromatic N) is 1. The Morgan fingerprint density at radius 3 is 2.08 bits per heavy atom. The molecule has 0 saturated carbocycles. The summed E-state index contributed by atoms with van der Waals surface area (Å²) < 4.78 is 22.9. The van der Waals surface area contributed by atoms with E-state index < -0.39 is 6.04 Å². The van der Waals surface area contributed by atoms with Crippen LogP contribution in [0.5, 0.6) is 11.5 Å². The lowest BCUT2D eigenvalue weighted by Gasteiger charge is -2.23. The predicted octanol–water partition coefficient (Wildman–Crippen LogP) is 2.79. The number of carbonyl (C=O) groups is 2. The summed E-state index contributed by atoms with van der Waals surface area (Å²) in [5.74, 6) is 1.51. The van der Waals surface area contributed by atoms with Crippen LogP contribution in [-0.2, 0) is 19.1 Å². The Morgan fingerprint density at radius 1 is 0.944 bits per heavy atom. The first-order valence-corrected chi connectivity index (χ1v) is 12.8. The number of nitrogens with one attached hydrogen (secondary N) is 1. The minimum atomic E-state index is -0.466. The summed E-state index contributed by atoms with van der Waals surface area (Å²) >= 11 is 0. The van der Waals surface area contributed by atoms with Gasteiger partial charge in [-0.2, -0.15) is 0 Å². The highest BCUT2D eigenvalue weighted by molar-refractivity contribution is 5.85. The average molecular weight is 530 g/mol. The molecule has 0 fully saturated rings. The van der Waals surface area contributed by atoms with Crippen molar-refractivity contribution in [3.63, 3.8) is 0 Å². The zero-order chi connectivity index (χ0) is 25.3. The molecular formula is C26H44ClN3O6. The third-order valence-electron chi connectivity index (χ3n) is 6.11. The number of para-hydroxylation sites is 2. The molecule has 0 bridgehead atoms. The van der Waals surface area contributed by atoms with Crippen molar-refractivity contribution in [2.75, 3.05) is 59.3 Å². The predicted molar refractivity (Wildman–Crippen MR) is 142 cm³/mol. The molecule has 0 spiro atoms. The Hall–Kier alpha value is -2.07. The molecule has 2 amide bonds. The number of fused-ring (bicyclic) bond motifs is 1. The fraction of sp³-hybridized carbons (Fsp3) is 0.692. The molecule has 0 saturated heterocycles. The van der Waals surface area contributed by atoms with Gasteiger partial charge in [-0.3, -0.25) is 9.59 Å². The highest BCUT2D eigenvalue weighted by atomic mass is 35.5. The van der Waals surface area contributed by atoms with Gasteiger partial charge >= 0.3 is 0 Å². The van der Waals surface area contributed by atoms with E-state index >= 15 is 0 Å². The van der Waals surface area contributed by atoms with Crippen LogP contribution in [0.15, 0.2) is 24.3 Å². The second kappa shape index (κ2) is 19.1. The number of amides is 2. The minimum Gasteiger partial charge on any atom is -0.487 e. The van der Waals surface area contributed by atoms with Crippen LogP contribution in [-0.4, -0.2) is 82.0 Å². The van der Waals surface area contributed by atoms with Gasteiger partial charge in [0, 0.05) is 26.1 Å². The van der Waals surface area contributed by atoms with E-state index in [0.29, 0.717) is 77.2 Å². The molecule has 2 atom stereocenters. The number of ether oxygens (including phenoxy) is 4. The Labute approximate surface area is 221 Å². The van der Waals surface area contributed by atoms with Gasteiger partial charge in [0.25, 0.3) is 0 Å². The number of hydrogen-bond acceptors (Lipinski definition) is 7. The molecule has 36 heavy (non-hydrogen) atoms. The van der Waals surface area contributed by atoms with Gasteiger partial charge in [0.15, 0.2) is 11.5 Å². The maximum absolute atomic E-state index is 12.8. The summed E-state index contributed by atoms with van der Waals surface area (Å²) in [4.78, 5) is 26.6. The van der Waals surface area contributed by atoms with Gasteiger partial charge in [-0.05, 0) is 30.9 Å². The van der Waals surface area contributed by atoms with Crippen LogP contribution in [0.25, 0.3) is 0 Å². The number of rotatable bonds is 9. The molecule has 1 aliphatic rings. The molecule has 0 aliphatic carbocycles. The van der Waals surface area contributed by atoms with Crippen LogP contribution in [0, 0.1) is 5.92 Å². The zero-order valence-electron chi connectivity index (χ0n) is 21.7. The van der Waals surface area contributed by atoms with E-state index in [9.17, 15) is 9.59 Å². The summed E-state index contributed by atoms with van der Waals surface area (Å²) in [6, 6.07) is 7.06. The maximum atomic E-state index is 12.8. The van der Waals surface area contributed by atoms with Crippen LogP contribution in [0.1, 0.15) is 46.0 Å². The molecule has 1 aliphatic heterocycles. The van der Waals surface area contributed by atoms with E-state index in [0.717, 1.165) is 25.7 Å². The quantitative estimate of drug-likeness (QED) is 0.473. The van der Waals surface area contributed by atoms with Gasteiger partial charge in [-0.15, -0.1) is 12.4 Å². The number of benzene rings is 1. The van der Waals surface area contributed by atoms with Crippen molar-refractivity contribution in [3.05, 3.63) is 24.3 Å². The molecule has 1 aromatic rings. The zero-order valence-corrected chi connectivity index (χ0v) is 22.6. The summed E-state index contributed by atoms with van der Waals surface area (Å²) in [6.07, 6.45) is 3.78. The van der Waals surface area contributed by atoms with E-state index in [1.807, 2.05) is 38.1 Å². The van der Waals surface area contributed by atoms with E-state index in [-0.39, 0.29) is 30.1 Å². The summed E-state index contributed by atoms with van der Waals surface area (Å²) in [6.45, 7) is 8.16. The van der Waals surface area contributed by atoms with Gasteiger partial charge in [-0.1, -0.05) is 38.8 Å². The van der Waals surface area contributed by atoms with Crippen LogP contribution in [0.3, 0.4) is 0 Å². The van der Waals surface area contributed by atoms with Crippen molar-refractivity contribution in [3.8, 4) is 11.5 Å². The molecule has 3 N–H and O–H groups in total. The second-order valence-corrected chi connectivity index (χ2v) is 8.76. The first-order valence-electron chi connectivity index (χ1n) is 12.8. The normalized spacial score (nSPS) is 17.0. The first-order chi connectivity index (χ1) is 17.0. The Balaban J connectivity index is 0.00000648.